The van der Waals surface area contributed by atoms with Crippen LogP contribution in [0.1, 0.15) is 5.56 Å². The van der Waals surface area contributed by atoms with Gasteiger partial charge >= 0.3 is 5.69 Å². The van der Waals surface area contributed by atoms with E-state index in [9.17, 15) is 34.6 Å². The monoisotopic (exact) mass is 560 g/mol. The summed E-state index contributed by atoms with van der Waals surface area (Å²) in [5, 5.41) is 30.1. The van der Waals surface area contributed by atoms with Crippen LogP contribution in [0.4, 0.5) is 22.2 Å². The second-order valence-electron chi connectivity index (χ2n) is 8.29. The van der Waals surface area contributed by atoms with E-state index >= 15 is 0 Å². The lowest BCUT2D eigenvalue weighted by Crippen LogP contribution is -2.39. The minimum absolute atomic E-state index is 0.105. The lowest BCUT2D eigenvalue weighted by atomic mass is 9.92. The number of thiazole rings is 1. The van der Waals surface area contributed by atoms with Gasteiger partial charge in [-0.3, -0.25) is 39.9 Å². The number of anilines is 2. The van der Waals surface area contributed by atoms with Crippen molar-refractivity contribution in [2.75, 3.05) is 17.4 Å². The maximum absolute atomic E-state index is 13.5. The van der Waals surface area contributed by atoms with Crippen molar-refractivity contribution in [1.29, 1.82) is 0 Å². The summed E-state index contributed by atoms with van der Waals surface area (Å²) in [6.45, 7) is 0. The molecule has 5 rings (SSSR count). The Bertz CT molecular complexity index is 1750. The van der Waals surface area contributed by atoms with Gasteiger partial charge in [0, 0.05) is 6.07 Å². The molecule has 15 heteroatoms. The number of fused-ring (bicyclic) bond motifs is 1. The van der Waals surface area contributed by atoms with E-state index in [1.165, 1.54) is 7.11 Å². The summed E-state index contributed by atoms with van der Waals surface area (Å²) >= 11 is 1.09. The number of ketones is 1. The summed E-state index contributed by atoms with van der Waals surface area (Å²) in [7, 11) is 1.50. The molecule has 0 spiro atoms. The van der Waals surface area contributed by atoms with E-state index in [0.29, 0.717) is 32.6 Å². The van der Waals surface area contributed by atoms with Gasteiger partial charge in [0.2, 0.25) is 5.78 Å². The zero-order chi connectivity index (χ0) is 28.6. The number of amides is 2. The van der Waals surface area contributed by atoms with Crippen molar-refractivity contribution < 1.29 is 29.0 Å². The second-order valence-corrected chi connectivity index (χ2v) is 9.32. The fourth-order valence-electron chi connectivity index (χ4n) is 4.02. The summed E-state index contributed by atoms with van der Waals surface area (Å²) in [5.74, 6) is -4.52. The molecule has 1 aromatic heterocycles. The summed E-state index contributed by atoms with van der Waals surface area (Å²) in [6, 6.07) is 15.8. The van der Waals surface area contributed by atoms with E-state index in [4.69, 9.17) is 4.74 Å². The van der Waals surface area contributed by atoms with Crippen molar-refractivity contribution in [2.45, 2.75) is 0 Å². The predicted molar refractivity (Wildman–Crippen MR) is 144 cm³/mol. The number of non-ortho nitro benzene ring substituents is 1. The Labute approximate surface area is 227 Å². The van der Waals surface area contributed by atoms with E-state index in [1.807, 2.05) is 0 Å². The molecule has 2 amide bonds. The Hall–Kier alpha value is -5.57. The minimum atomic E-state index is -1.74. The highest BCUT2D eigenvalue weighted by Crippen LogP contribution is 2.36. The maximum atomic E-state index is 13.5. The fraction of sp³-hybridized carbons (Fsp3) is 0.0800. The van der Waals surface area contributed by atoms with Crippen molar-refractivity contribution >= 4 is 67.1 Å². The topological polar surface area (TPSA) is 187 Å². The zero-order valence-electron chi connectivity index (χ0n) is 20.3. The molecule has 200 valence electrons. The van der Waals surface area contributed by atoms with Crippen molar-refractivity contribution in [3.05, 3.63) is 92.5 Å². The van der Waals surface area contributed by atoms with Gasteiger partial charge in [0.15, 0.2) is 11.0 Å². The standard InChI is InChI=1S/C25H16N6O8S/c1-39-15-8-9-16-19(12-15)40-25(26-16)27-23(33)22(32)20-21(13-5-3-2-4-6-13)28-29(24(20)34)17-10-7-14(30(35)36)11-18(17)31(37)38/h2-12,20H,1H3,(H,26,27,33)/t20-/m1/s1. The van der Waals surface area contributed by atoms with Crippen LogP contribution in [0.3, 0.4) is 0 Å². The Balaban J connectivity index is 1.50. The lowest BCUT2D eigenvalue weighted by Gasteiger charge is -2.13. The van der Waals surface area contributed by atoms with Crippen LogP contribution >= 0.6 is 11.3 Å². The third kappa shape index (κ3) is 4.71. The molecule has 4 aromatic rings. The number of nitro groups is 2. The number of carbonyl (C=O) groups excluding carboxylic acids is 3. The van der Waals surface area contributed by atoms with E-state index in [0.717, 1.165) is 23.5 Å². The highest BCUT2D eigenvalue weighted by molar-refractivity contribution is 7.22. The summed E-state index contributed by atoms with van der Waals surface area (Å²) in [6.07, 6.45) is 0. The average Bonchev–Trinajstić information content (AvgIpc) is 3.51. The number of hydrogen-bond donors (Lipinski definition) is 1. The first-order valence-corrected chi connectivity index (χ1v) is 12.2. The molecular formula is C25H16N6O8S. The molecule has 0 unspecified atom stereocenters. The number of nitrogens with one attached hydrogen (secondary N) is 1. The number of aromatic nitrogens is 1. The van der Waals surface area contributed by atoms with Crippen LogP contribution in [-0.2, 0) is 14.4 Å². The fourth-order valence-corrected chi connectivity index (χ4v) is 4.91. The normalized spacial score (nSPS) is 14.6. The van der Waals surface area contributed by atoms with E-state index in [-0.39, 0.29) is 10.8 Å². The minimum Gasteiger partial charge on any atom is -0.497 e. The highest BCUT2D eigenvalue weighted by atomic mass is 32.1. The molecule has 0 fully saturated rings. The smallest absolute Gasteiger partial charge is 0.301 e. The number of rotatable bonds is 8. The number of hydrogen-bond acceptors (Lipinski definition) is 11. The second kappa shape index (κ2) is 10.3. The molecule has 3 aromatic carbocycles. The molecule has 1 N–H and O–H groups in total. The molecule has 1 atom stereocenters. The first-order chi connectivity index (χ1) is 19.2. The molecule has 1 aliphatic heterocycles. The molecule has 0 aliphatic carbocycles. The Morgan fingerprint density at radius 2 is 1.77 bits per heavy atom. The first kappa shape index (κ1) is 26.1. The van der Waals surface area contributed by atoms with Gasteiger partial charge in [-0.15, -0.1) is 0 Å². The third-order valence-corrected chi connectivity index (χ3v) is 6.84. The number of methoxy groups -OCH3 is 1. The number of carbonyl (C=O) groups is 3. The Morgan fingerprint density at radius 1 is 1.02 bits per heavy atom. The molecule has 2 heterocycles. The van der Waals surface area contributed by atoms with E-state index in [2.05, 4.69) is 15.4 Å². The number of Topliss-reactive ketones (excluding diaryl/α,β-unsaturated/α-hetero) is 1. The number of benzene rings is 3. The molecule has 1 aliphatic rings. The molecule has 40 heavy (non-hydrogen) atoms. The number of ether oxygens (including phenoxy) is 1. The van der Waals surface area contributed by atoms with Gasteiger partial charge in [0.25, 0.3) is 17.5 Å². The van der Waals surface area contributed by atoms with Crippen LogP contribution in [0.15, 0.2) is 71.8 Å². The lowest BCUT2D eigenvalue weighted by molar-refractivity contribution is -0.393. The summed E-state index contributed by atoms with van der Waals surface area (Å²) in [4.78, 5) is 65.3. The van der Waals surface area contributed by atoms with Gasteiger partial charge in [0.05, 0.1) is 39.0 Å². The van der Waals surface area contributed by atoms with Crippen LogP contribution in [0.2, 0.25) is 0 Å². The molecule has 0 saturated carbocycles. The number of nitrogens with zero attached hydrogens (tertiary/aromatic N) is 5. The predicted octanol–water partition coefficient (Wildman–Crippen LogP) is 3.70. The summed E-state index contributed by atoms with van der Waals surface area (Å²) in [5.41, 5.74) is -0.997. The van der Waals surface area contributed by atoms with Crippen molar-refractivity contribution in [1.82, 2.24) is 4.98 Å². The van der Waals surface area contributed by atoms with Gasteiger partial charge in [0.1, 0.15) is 11.4 Å². The van der Waals surface area contributed by atoms with Crippen molar-refractivity contribution in [3.63, 3.8) is 0 Å². The zero-order valence-corrected chi connectivity index (χ0v) is 21.2. The molecule has 0 bridgehead atoms. The third-order valence-electron chi connectivity index (χ3n) is 5.90. The van der Waals surface area contributed by atoms with Gasteiger partial charge in [-0.05, 0) is 29.8 Å². The molecule has 0 saturated heterocycles. The van der Waals surface area contributed by atoms with Gasteiger partial charge in [-0.2, -0.15) is 10.1 Å². The highest BCUT2D eigenvalue weighted by Gasteiger charge is 2.46. The van der Waals surface area contributed by atoms with Gasteiger partial charge in [-0.25, -0.2) is 4.98 Å². The number of hydrazone groups is 1. The SMILES string of the molecule is COc1ccc2nc(NC(=O)C(=O)[C@@H]3C(=O)N(c4ccc([N+](=O)[O-])cc4[N+](=O)[O-])N=C3c3ccccc3)sc2c1. The van der Waals surface area contributed by atoms with Crippen LogP contribution in [-0.4, -0.2) is 45.2 Å². The van der Waals surface area contributed by atoms with Crippen LogP contribution in [0.25, 0.3) is 10.2 Å². The van der Waals surface area contributed by atoms with Crippen LogP contribution < -0.4 is 15.1 Å². The average molecular weight is 561 g/mol. The largest absolute Gasteiger partial charge is 0.497 e. The van der Waals surface area contributed by atoms with E-state index in [1.54, 1.807) is 48.5 Å². The van der Waals surface area contributed by atoms with Crippen molar-refractivity contribution in [3.8, 4) is 5.75 Å². The molecule has 14 nitrogen and oxygen atoms in total. The van der Waals surface area contributed by atoms with E-state index < -0.39 is 50.4 Å². The molecule has 0 radical (unpaired) electrons. The first-order valence-electron chi connectivity index (χ1n) is 11.4. The number of nitro benzene ring substituents is 2. The van der Waals surface area contributed by atoms with Gasteiger partial charge < -0.3 is 4.74 Å². The Morgan fingerprint density at radius 3 is 2.45 bits per heavy atom. The summed E-state index contributed by atoms with van der Waals surface area (Å²) < 4.78 is 5.86. The van der Waals surface area contributed by atoms with Crippen LogP contribution in [0.5, 0.6) is 5.75 Å². The maximum Gasteiger partial charge on any atom is 0.301 e. The van der Waals surface area contributed by atoms with Gasteiger partial charge in [-0.1, -0.05) is 41.7 Å². The Kier molecular flexibility index (Phi) is 6.71. The van der Waals surface area contributed by atoms with Crippen LogP contribution in [0, 0.1) is 26.1 Å². The quantitative estimate of drug-likeness (QED) is 0.145. The van der Waals surface area contributed by atoms with Crippen molar-refractivity contribution in [2.24, 2.45) is 11.0 Å². The molecular weight excluding hydrogens is 544 g/mol.